The van der Waals surface area contributed by atoms with E-state index in [-0.39, 0.29) is 24.2 Å². The van der Waals surface area contributed by atoms with Crippen LogP contribution in [0.3, 0.4) is 0 Å². The third kappa shape index (κ3) is 5.43. The van der Waals surface area contributed by atoms with E-state index in [1.807, 2.05) is 0 Å². The summed E-state index contributed by atoms with van der Waals surface area (Å²) in [6.07, 6.45) is 3.01. The summed E-state index contributed by atoms with van der Waals surface area (Å²) >= 11 is 0. The van der Waals surface area contributed by atoms with Gasteiger partial charge in [-0.1, -0.05) is 0 Å². The van der Waals surface area contributed by atoms with Gasteiger partial charge in [0.05, 0.1) is 7.11 Å². The van der Waals surface area contributed by atoms with E-state index in [2.05, 4.69) is 25.4 Å². The molecule has 0 aliphatic rings. The molecule has 4 aromatic rings. The third-order valence-corrected chi connectivity index (χ3v) is 4.97. The monoisotopic (exact) mass is 478 g/mol. The van der Waals surface area contributed by atoms with Crippen LogP contribution in [-0.4, -0.2) is 51.0 Å². The maximum absolute atomic E-state index is 12.7. The van der Waals surface area contributed by atoms with Gasteiger partial charge in [0, 0.05) is 29.7 Å². The molecule has 2 aromatic heterocycles. The molecule has 0 bridgehead atoms. The van der Waals surface area contributed by atoms with Gasteiger partial charge in [-0.05, 0) is 48.0 Å². The van der Waals surface area contributed by atoms with Crippen molar-refractivity contribution in [2.24, 2.45) is 5.73 Å². The van der Waals surface area contributed by atoms with Gasteiger partial charge in [-0.15, -0.1) is 9.78 Å². The van der Waals surface area contributed by atoms with Gasteiger partial charge in [-0.3, -0.25) is 10.4 Å². The molecule has 2 heterocycles. The summed E-state index contributed by atoms with van der Waals surface area (Å²) in [4.78, 5) is 23.6. The quantitative estimate of drug-likeness (QED) is 0.200. The Morgan fingerprint density at radius 3 is 2.57 bits per heavy atom. The van der Waals surface area contributed by atoms with Crippen molar-refractivity contribution in [3.05, 3.63) is 88.4 Å². The standard InChI is InChI=1S/C23H23FN8O3/c1-34-17-11-15(12-18(13-17)35-10-7-24)19(29-16-5-3-14(4-6-16)20(25)26)21-30-23(33)32(31-21)22-27-8-2-9-28-22/h2-6,8-9,11-13,19,29H,7,10H2,1H3,(H3,25,26)(H,30,31,33). The number of methoxy groups -OCH3 is 1. The Kier molecular flexibility index (Phi) is 7.00. The Morgan fingerprint density at radius 2 is 1.91 bits per heavy atom. The van der Waals surface area contributed by atoms with Crippen LogP contribution in [0, 0.1) is 5.41 Å². The summed E-state index contributed by atoms with van der Waals surface area (Å²) in [5, 5.41) is 15.3. The van der Waals surface area contributed by atoms with E-state index in [0.717, 1.165) is 4.68 Å². The van der Waals surface area contributed by atoms with Gasteiger partial charge < -0.3 is 20.5 Å². The van der Waals surface area contributed by atoms with E-state index < -0.39 is 18.4 Å². The van der Waals surface area contributed by atoms with E-state index in [1.165, 1.54) is 19.5 Å². The van der Waals surface area contributed by atoms with Crippen molar-refractivity contribution in [1.82, 2.24) is 24.7 Å². The zero-order valence-corrected chi connectivity index (χ0v) is 18.7. The number of aromatic amines is 1. The Morgan fingerprint density at radius 1 is 1.20 bits per heavy atom. The molecule has 0 saturated heterocycles. The van der Waals surface area contributed by atoms with Gasteiger partial charge in [-0.2, -0.15) is 0 Å². The van der Waals surface area contributed by atoms with Crippen molar-refractivity contribution in [3.8, 4) is 17.4 Å². The van der Waals surface area contributed by atoms with Crippen LogP contribution in [0.25, 0.3) is 5.95 Å². The molecular formula is C23H23FN8O3. The number of alkyl halides is 1. The molecule has 1 unspecified atom stereocenters. The molecule has 11 nitrogen and oxygen atoms in total. The van der Waals surface area contributed by atoms with Crippen LogP contribution in [-0.2, 0) is 0 Å². The van der Waals surface area contributed by atoms with Crippen LogP contribution in [0.4, 0.5) is 10.1 Å². The van der Waals surface area contributed by atoms with E-state index >= 15 is 0 Å². The summed E-state index contributed by atoms with van der Waals surface area (Å²) in [7, 11) is 1.50. The topological polar surface area (TPSA) is 157 Å². The van der Waals surface area contributed by atoms with Crippen LogP contribution >= 0.6 is 0 Å². The number of nitrogens with two attached hydrogens (primary N) is 1. The smallest absolute Gasteiger partial charge is 0.350 e. The van der Waals surface area contributed by atoms with Crippen LogP contribution in [0.15, 0.2) is 65.7 Å². The van der Waals surface area contributed by atoms with Gasteiger partial charge in [-0.25, -0.2) is 19.2 Å². The van der Waals surface area contributed by atoms with Crippen LogP contribution in [0.1, 0.15) is 23.0 Å². The van der Waals surface area contributed by atoms with Crippen molar-refractivity contribution in [1.29, 1.82) is 5.41 Å². The van der Waals surface area contributed by atoms with Crippen LogP contribution < -0.4 is 26.2 Å². The average Bonchev–Trinajstić information content (AvgIpc) is 3.27. The molecule has 0 aliphatic carbocycles. The normalized spacial score (nSPS) is 11.6. The summed E-state index contributed by atoms with van der Waals surface area (Å²) in [5.74, 6) is 1.19. The molecule has 1 atom stereocenters. The minimum atomic E-state index is -0.682. The van der Waals surface area contributed by atoms with Gasteiger partial charge in [0.1, 0.15) is 36.7 Å². The van der Waals surface area contributed by atoms with Crippen molar-refractivity contribution < 1.29 is 13.9 Å². The summed E-state index contributed by atoms with van der Waals surface area (Å²) in [6, 6.07) is 12.9. The molecule has 2 aromatic carbocycles. The minimum Gasteiger partial charge on any atom is -0.497 e. The number of ether oxygens (including phenoxy) is 2. The zero-order chi connectivity index (χ0) is 24.8. The number of nitrogens with zero attached hydrogens (tertiary/aromatic N) is 4. The third-order valence-electron chi connectivity index (χ3n) is 4.97. The van der Waals surface area contributed by atoms with Gasteiger partial charge in [0.25, 0.3) is 5.95 Å². The highest BCUT2D eigenvalue weighted by molar-refractivity contribution is 5.95. The molecule has 4 rings (SSSR count). The summed E-state index contributed by atoms with van der Waals surface area (Å²) in [5.41, 5.74) is 6.89. The first-order valence-electron chi connectivity index (χ1n) is 10.5. The molecule has 35 heavy (non-hydrogen) atoms. The zero-order valence-electron chi connectivity index (χ0n) is 18.7. The Labute approximate surface area is 199 Å². The average molecular weight is 478 g/mol. The second-order valence-corrected chi connectivity index (χ2v) is 7.32. The van der Waals surface area contributed by atoms with Gasteiger partial charge in [0.2, 0.25) is 0 Å². The number of benzene rings is 2. The number of anilines is 1. The molecule has 12 heteroatoms. The van der Waals surface area contributed by atoms with Crippen LogP contribution in [0.2, 0.25) is 0 Å². The minimum absolute atomic E-state index is 0.0542. The van der Waals surface area contributed by atoms with Crippen molar-refractivity contribution in [2.75, 3.05) is 25.7 Å². The molecule has 0 spiro atoms. The SMILES string of the molecule is COc1cc(OCCF)cc(C(Nc2ccc(C(=N)N)cc2)c2nn(-c3ncccn3)c(=O)[nH]2)c1. The number of aromatic nitrogens is 5. The second-order valence-electron chi connectivity index (χ2n) is 7.32. The number of nitrogens with one attached hydrogen (secondary N) is 3. The Balaban J connectivity index is 1.79. The van der Waals surface area contributed by atoms with E-state index in [1.54, 1.807) is 48.5 Å². The van der Waals surface area contributed by atoms with Crippen molar-refractivity contribution >= 4 is 11.5 Å². The van der Waals surface area contributed by atoms with Gasteiger partial charge in [0.15, 0.2) is 5.82 Å². The lowest BCUT2D eigenvalue weighted by Crippen LogP contribution is -2.18. The number of rotatable bonds is 10. The fourth-order valence-electron chi connectivity index (χ4n) is 3.35. The lowest BCUT2D eigenvalue weighted by atomic mass is 10.0. The van der Waals surface area contributed by atoms with E-state index in [0.29, 0.717) is 28.3 Å². The van der Waals surface area contributed by atoms with Crippen molar-refractivity contribution in [2.45, 2.75) is 6.04 Å². The molecule has 5 N–H and O–H groups in total. The summed E-state index contributed by atoms with van der Waals surface area (Å²) < 4.78 is 24.6. The molecule has 0 radical (unpaired) electrons. The molecular weight excluding hydrogens is 455 g/mol. The Hall–Kier alpha value is -4.74. The van der Waals surface area contributed by atoms with Crippen molar-refractivity contribution in [3.63, 3.8) is 0 Å². The van der Waals surface area contributed by atoms with Crippen LogP contribution in [0.5, 0.6) is 11.5 Å². The molecule has 0 fully saturated rings. The highest BCUT2D eigenvalue weighted by Gasteiger charge is 2.22. The maximum Gasteiger partial charge on any atom is 0.350 e. The number of halogens is 1. The molecule has 180 valence electrons. The highest BCUT2D eigenvalue weighted by atomic mass is 19.1. The number of nitrogen functional groups attached to an aromatic ring is 1. The van der Waals surface area contributed by atoms with Gasteiger partial charge >= 0.3 is 5.69 Å². The number of amidine groups is 1. The maximum atomic E-state index is 12.7. The van der Waals surface area contributed by atoms with E-state index in [9.17, 15) is 9.18 Å². The second kappa shape index (κ2) is 10.5. The Bertz CT molecular complexity index is 1360. The van der Waals surface area contributed by atoms with E-state index in [4.69, 9.17) is 20.6 Å². The first kappa shape index (κ1) is 23.4. The first-order valence-corrected chi connectivity index (χ1v) is 10.5. The summed E-state index contributed by atoms with van der Waals surface area (Å²) in [6.45, 7) is -0.764. The molecule has 0 aliphatic heterocycles. The number of hydrogen-bond acceptors (Lipinski definition) is 8. The predicted molar refractivity (Wildman–Crippen MR) is 127 cm³/mol. The molecule has 0 amide bonds. The largest absolute Gasteiger partial charge is 0.497 e. The number of hydrogen-bond donors (Lipinski definition) is 4. The first-order chi connectivity index (χ1) is 17.0. The fraction of sp³-hybridized carbons (Fsp3) is 0.174. The lowest BCUT2D eigenvalue weighted by Gasteiger charge is -2.20. The number of H-pyrrole nitrogens is 1. The lowest BCUT2D eigenvalue weighted by molar-refractivity contribution is 0.271. The predicted octanol–water partition coefficient (Wildman–Crippen LogP) is 2.19. The molecule has 0 saturated carbocycles. The highest BCUT2D eigenvalue weighted by Crippen LogP contribution is 2.31. The fourth-order valence-corrected chi connectivity index (χ4v) is 3.35.